The van der Waals surface area contributed by atoms with Crippen molar-refractivity contribution in [3.05, 3.63) is 65.2 Å². The van der Waals surface area contributed by atoms with Crippen LogP contribution in [0.3, 0.4) is 0 Å². The third-order valence-corrected chi connectivity index (χ3v) is 2.92. The van der Waals surface area contributed by atoms with Crippen molar-refractivity contribution in [2.75, 3.05) is 11.9 Å². The van der Waals surface area contributed by atoms with Gasteiger partial charge in [-0.3, -0.25) is 4.79 Å². The fraction of sp³-hybridized carbons (Fsp3) is 0.125. The van der Waals surface area contributed by atoms with Crippen molar-refractivity contribution in [1.29, 1.82) is 0 Å². The molecule has 1 N–H and O–H groups in total. The smallest absolute Gasteiger partial charge is 0.344 e. The molecule has 2 aromatic rings. The van der Waals surface area contributed by atoms with E-state index >= 15 is 0 Å². The van der Waals surface area contributed by atoms with E-state index in [-0.39, 0.29) is 0 Å². The Morgan fingerprint density at radius 3 is 2.32 bits per heavy atom. The summed E-state index contributed by atoms with van der Waals surface area (Å²) in [6, 6.07) is 10.0. The van der Waals surface area contributed by atoms with Crippen molar-refractivity contribution in [1.82, 2.24) is 0 Å². The van der Waals surface area contributed by atoms with E-state index in [2.05, 4.69) is 10.1 Å². The van der Waals surface area contributed by atoms with Crippen LogP contribution in [0.4, 0.5) is 14.5 Å². The number of anilines is 1. The van der Waals surface area contributed by atoms with E-state index in [4.69, 9.17) is 0 Å². The van der Waals surface area contributed by atoms with Gasteiger partial charge in [0.1, 0.15) is 17.2 Å². The molecule has 0 aliphatic heterocycles. The van der Waals surface area contributed by atoms with Crippen molar-refractivity contribution in [3.8, 4) is 0 Å². The molecule has 0 fully saturated rings. The molecule has 114 valence electrons. The van der Waals surface area contributed by atoms with Gasteiger partial charge in [-0.15, -0.1) is 0 Å². The number of benzene rings is 2. The second-order valence-corrected chi connectivity index (χ2v) is 4.54. The number of hydrogen-bond donors (Lipinski definition) is 1. The maximum absolute atomic E-state index is 13.4. The van der Waals surface area contributed by atoms with Crippen molar-refractivity contribution >= 4 is 17.6 Å². The van der Waals surface area contributed by atoms with Crippen LogP contribution < -0.4 is 5.32 Å². The lowest BCUT2D eigenvalue weighted by Crippen LogP contribution is -2.22. The lowest BCUT2D eigenvalue weighted by atomic mass is 10.2. The second-order valence-electron chi connectivity index (χ2n) is 4.54. The van der Waals surface area contributed by atoms with E-state index in [1.807, 2.05) is 6.07 Å². The lowest BCUT2D eigenvalue weighted by molar-refractivity contribution is -0.119. The normalized spacial score (nSPS) is 10.1. The molecule has 0 heterocycles. The standard InChI is InChI=1S/C16H13F2NO3/c1-10-5-2-3-8-13(10)19-14(20)9-22-16(21)15-11(17)6-4-7-12(15)18/h2-8H,9H2,1H3,(H,19,20). The first-order valence-corrected chi connectivity index (χ1v) is 6.45. The Hall–Kier alpha value is -2.76. The van der Waals surface area contributed by atoms with Crippen LogP contribution in [0, 0.1) is 18.6 Å². The van der Waals surface area contributed by atoms with Gasteiger partial charge < -0.3 is 10.1 Å². The van der Waals surface area contributed by atoms with Crippen LogP contribution in [-0.4, -0.2) is 18.5 Å². The molecule has 22 heavy (non-hydrogen) atoms. The molecule has 0 aliphatic rings. The van der Waals surface area contributed by atoms with Crippen molar-refractivity contribution in [3.63, 3.8) is 0 Å². The molecule has 0 unspecified atom stereocenters. The molecule has 0 spiro atoms. The zero-order valence-corrected chi connectivity index (χ0v) is 11.7. The molecule has 2 aromatic carbocycles. The van der Waals surface area contributed by atoms with Crippen molar-refractivity contribution in [2.24, 2.45) is 0 Å². The predicted molar refractivity (Wildman–Crippen MR) is 76.4 cm³/mol. The Morgan fingerprint density at radius 2 is 1.68 bits per heavy atom. The molecule has 2 rings (SSSR count). The number of aryl methyl sites for hydroxylation is 1. The highest BCUT2D eigenvalue weighted by atomic mass is 19.1. The average molecular weight is 305 g/mol. The third-order valence-electron chi connectivity index (χ3n) is 2.92. The van der Waals surface area contributed by atoms with Gasteiger partial charge in [0.05, 0.1) is 0 Å². The van der Waals surface area contributed by atoms with Gasteiger partial charge in [-0.2, -0.15) is 0 Å². The molecule has 0 aliphatic carbocycles. The third kappa shape index (κ3) is 3.66. The number of halogens is 2. The molecular weight excluding hydrogens is 292 g/mol. The topological polar surface area (TPSA) is 55.4 Å². The van der Waals surface area contributed by atoms with Crippen LogP contribution in [0.25, 0.3) is 0 Å². The number of carbonyl (C=O) groups excluding carboxylic acids is 2. The fourth-order valence-electron chi connectivity index (χ4n) is 1.80. The van der Waals surface area contributed by atoms with Gasteiger partial charge in [0.25, 0.3) is 5.91 Å². The van der Waals surface area contributed by atoms with Gasteiger partial charge in [-0.25, -0.2) is 13.6 Å². The van der Waals surface area contributed by atoms with Gasteiger partial charge in [0.2, 0.25) is 0 Å². The molecule has 0 atom stereocenters. The SMILES string of the molecule is Cc1ccccc1NC(=O)COC(=O)c1c(F)cccc1F. The highest BCUT2D eigenvalue weighted by Crippen LogP contribution is 2.14. The number of amides is 1. The molecule has 0 saturated heterocycles. The van der Waals surface area contributed by atoms with Crippen molar-refractivity contribution < 1.29 is 23.1 Å². The van der Waals surface area contributed by atoms with E-state index in [0.717, 1.165) is 23.8 Å². The molecule has 0 bridgehead atoms. The van der Waals surface area contributed by atoms with Gasteiger partial charge in [-0.05, 0) is 30.7 Å². The molecule has 1 amide bonds. The molecule has 6 heteroatoms. The predicted octanol–water partition coefficient (Wildman–Crippen LogP) is 3.07. The maximum Gasteiger partial charge on any atom is 0.344 e. The van der Waals surface area contributed by atoms with Crippen LogP contribution in [0.15, 0.2) is 42.5 Å². The summed E-state index contributed by atoms with van der Waals surface area (Å²) in [5, 5.41) is 2.54. The van der Waals surface area contributed by atoms with Crippen molar-refractivity contribution in [2.45, 2.75) is 6.92 Å². The first kappa shape index (κ1) is 15.6. The summed E-state index contributed by atoms with van der Waals surface area (Å²) in [6.07, 6.45) is 0. The molecule has 0 saturated carbocycles. The zero-order chi connectivity index (χ0) is 16.1. The van der Waals surface area contributed by atoms with Crippen LogP contribution in [0.2, 0.25) is 0 Å². The summed E-state index contributed by atoms with van der Waals surface area (Å²) in [4.78, 5) is 23.3. The number of esters is 1. The number of carbonyl (C=O) groups is 2. The molecule has 0 radical (unpaired) electrons. The van der Waals surface area contributed by atoms with E-state index in [0.29, 0.717) is 5.69 Å². The highest BCUT2D eigenvalue weighted by Gasteiger charge is 2.19. The first-order chi connectivity index (χ1) is 10.5. The molecule has 0 aromatic heterocycles. The summed E-state index contributed by atoms with van der Waals surface area (Å²) in [5.74, 6) is -3.90. The summed E-state index contributed by atoms with van der Waals surface area (Å²) in [7, 11) is 0. The van der Waals surface area contributed by atoms with E-state index < -0.39 is 35.7 Å². The maximum atomic E-state index is 13.4. The summed E-state index contributed by atoms with van der Waals surface area (Å²) < 4.78 is 31.4. The molecular formula is C16H13F2NO3. The highest BCUT2D eigenvalue weighted by molar-refractivity contribution is 5.96. The molecule has 4 nitrogen and oxygen atoms in total. The Labute approximate surface area is 125 Å². The van der Waals surface area contributed by atoms with Gasteiger partial charge in [-0.1, -0.05) is 24.3 Å². The fourth-order valence-corrected chi connectivity index (χ4v) is 1.80. The monoisotopic (exact) mass is 305 g/mol. The number of para-hydroxylation sites is 1. The number of rotatable bonds is 4. The summed E-state index contributed by atoms with van der Waals surface area (Å²) >= 11 is 0. The minimum absolute atomic E-state index is 0.570. The Kier molecular flexibility index (Phi) is 4.83. The van der Waals surface area contributed by atoms with Gasteiger partial charge >= 0.3 is 5.97 Å². The van der Waals surface area contributed by atoms with E-state index in [1.54, 1.807) is 25.1 Å². The summed E-state index contributed by atoms with van der Waals surface area (Å²) in [5.41, 5.74) is 0.592. The van der Waals surface area contributed by atoms with E-state index in [9.17, 15) is 18.4 Å². The van der Waals surface area contributed by atoms with E-state index in [1.165, 1.54) is 0 Å². The van der Waals surface area contributed by atoms with Crippen LogP contribution in [0.1, 0.15) is 15.9 Å². The quantitative estimate of drug-likeness (QED) is 0.883. The summed E-state index contributed by atoms with van der Waals surface area (Å²) in [6.45, 7) is 1.16. The zero-order valence-electron chi connectivity index (χ0n) is 11.7. The Balaban J connectivity index is 1.97. The Morgan fingerprint density at radius 1 is 1.05 bits per heavy atom. The Bertz CT molecular complexity index is 696. The number of nitrogens with one attached hydrogen (secondary N) is 1. The number of hydrogen-bond acceptors (Lipinski definition) is 3. The van der Waals surface area contributed by atoms with Gasteiger partial charge in [0, 0.05) is 5.69 Å². The second kappa shape index (κ2) is 6.80. The lowest BCUT2D eigenvalue weighted by Gasteiger charge is -2.09. The first-order valence-electron chi connectivity index (χ1n) is 6.45. The van der Waals surface area contributed by atoms with Crippen LogP contribution in [-0.2, 0) is 9.53 Å². The largest absolute Gasteiger partial charge is 0.452 e. The minimum atomic E-state index is -1.23. The van der Waals surface area contributed by atoms with Gasteiger partial charge in [0.15, 0.2) is 6.61 Å². The average Bonchev–Trinajstić information content (AvgIpc) is 2.47. The van der Waals surface area contributed by atoms with Crippen LogP contribution in [0.5, 0.6) is 0 Å². The minimum Gasteiger partial charge on any atom is -0.452 e. The van der Waals surface area contributed by atoms with Crippen LogP contribution >= 0.6 is 0 Å². The number of ether oxygens (including phenoxy) is 1.